The maximum absolute atomic E-state index is 12.4. The van der Waals surface area contributed by atoms with Crippen molar-refractivity contribution in [1.82, 2.24) is 0 Å². The third-order valence-electron chi connectivity index (χ3n) is 3.06. The van der Waals surface area contributed by atoms with Gasteiger partial charge in [-0.1, -0.05) is 28.1 Å². The monoisotopic (exact) mass is 333 g/mol. The molecule has 0 aliphatic heterocycles. The molecule has 0 aliphatic carbocycles. The van der Waals surface area contributed by atoms with Gasteiger partial charge < -0.3 is 5.73 Å². The Morgan fingerprint density at radius 1 is 1.15 bits per heavy atom. The lowest BCUT2D eigenvalue weighted by atomic mass is 10.1. The van der Waals surface area contributed by atoms with E-state index in [-0.39, 0.29) is 5.78 Å². The van der Waals surface area contributed by atoms with Crippen LogP contribution in [0.3, 0.4) is 0 Å². The molecule has 4 nitrogen and oxygen atoms in total. The molecule has 0 saturated heterocycles. The molecule has 2 N–H and O–H groups in total. The number of Topliss-reactive ketones (excluding diaryl/α,β-unsaturated/α-hetero) is 1. The highest BCUT2D eigenvalue weighted by Gasteiger charge is 2.24. The van der Waals surface area contributed by atoms with Gasteiger partial charge in [-0.3, -0.25) is 9.59 Å². The van der Waals surface area contributed by atoms with E-state index in [4.69, 9.17) is 5.73 Å². The standard InChI is InChI=1S/C15H13BrN2O2/c1-10(14(19)11-4-6-13(16)7-5-11)18-8-2-3-12(9-18)15(17)20/h2-10H,1H3,(H-,17,20)/p+1/t10-/m0/s1. The van der Waals surface area contributed by atoms with Crippen LogP contribution in [0, 0.1) is 0 Å². The van der Waals surface area contributed by atoms with Gasteiger partial charge in [-0.2, -0.15) is 4.57 Å². The zero-order chi connectivity index (χ0) is 14.7. The molecule has 1 heterocycles. The number of pyridine rings is 1. The van der Waals surface area contributed by atoms with E-state index >= 15 is 0 Å². The van der Waals surface area contributed by atoms with Gasteiger partial charge in [-0.15, -0.1) is 0 Å². The van der Waals surface area contributed by atoms with Crippen LogP contribution in [-0.2, 0) is 0 Å². The molecule has 1 aromatic carbocycles. The van der Waals surface area contributed by atoms with Crippen molar-refractivity contribution in [1.29, 1.82) is 0 Å². The van der Waals surface area contributed by atoms with Gasteiger partial charge in [0.2, 0.25) is 11.8 Å². The summed E-state index contributed by atoms with van der Waals surface area (Å²) in [5.74, 6) is -0.535. The van der Waals surface area contributed by atoms with E-state index in [1.54, 1.807) is 48.1 Å². The highest BCUT2D eigenvalue weighted by Crippen LogP contribution is 2.14. The Hall–Kier alpha value is -2.01. The van der Waals surface area contributed by atoms with E-state index in [2.05, 4.69) is 15.9 Å². The lowest BCUT2D eigenvalue weighted by Crippen LogP contribution is -2.42. The minimum Gasteiger partial charge on any atom is -0.365 e. The van der Waals surface area contributed by atoms with Gasteiger partial charge >= 0.3 is 0 Å². The molecule has 2 aromatic rings. The Morgan fingerprint density at radius 3 is 2.40 bits per heavy atom. The molecule has 0 radical (unpaired) electrons. The summed E-state index contributed by atoms with van der Waals surface area (Å²) in [4.78, 5) is 23.6. The van der Waals surface area contributed by atoms with Crippen LogP contribution in [0.15, 0.2) is 53.3 Å². The number of hydrogen-bond acceptors (Lipinski definition) is 2. The highest BCUT2D eigenvalue weighted by molar-refractivity contribution is 9.10. The van der Waals surface area contributed by atoms with Crippen LogP contribution in [-0.4, -0.2) is 11.7 Å². The molecule has 1 atom stereocenters. The summed E-state index contributed by atoms with van der Waals surface area (Å²) in [6.45, 7) is 1.79. The summed E-state index contributed by atoms with van der Waals surface area (Å²) < 4.78 is 2.61. The number of benzene rings is 1. The van der Waals surface area contributed by atoms with Crippen molar-refractivity contribution < 1.29 is 14.2 Å². The van der Waals surface area contributed by atoms with Crippen molar-refractivity contribution in [2.24, 2.45) is 5.73 Å². The number of carbonyl (C=O) groups excluding carboxylic acids is 2. The fraction of sp³-hybridized carbons (Fsp3) is 0.133. The van der Waals surface area contributed by atoms with Crippen molar-refractivity contribution in [3.63, 3.8) is 0 Å². The van der Waals surface area contributed by atoms with Crippen LogP contribution in [0.4, 0.5) is 0 Å². The van der Waals surface area contributed by atoms with Crippen molar-refractivity contribution >= 4 is 27.6 Å². The number of ketones is 1. The lowest BCUT2D eigenvalue weighted by molar-refractivity contribution is -0.704. The number of nitrogens with two attached hydrogens (primary N) is 1. The Morgan fingerprint density at radius 2 is 1.80 bits per heavy atom. The van der Waals surface area contributed by atoms with Gasteiger partial charge in [0.15, 0.2) is 12.4 Å². The van der Waals surface area contributed by atoms with Gasteiger partial charge in [0.1, 0.15) is 5.56 Å². The highest BCUT2D eigenvalue weighted by atomic mass is 79.9. The number of aromatic nitrogens is 1. The summed E-state index contributed by atoms with van der Waals surface area (Å²) in [7, 11) is 0. The Balaban J connectivity index is 2.28. The first-order chi connectivity index (χ1) is 9.49. The average Bonchev–Trinajstić information content (AvgIpc) is 2.46. The number of amides is 1. The maximum atomic E-state index is 12.4. The quantitative estimate of drug-likeness (QED) is 0.689. The Labute approximate surface area is 125 Å². The first kappa shape index (κ1) is 14.4. The van der Waals surface area contributed by atoms with Crippen molar-refractivity contribution in [3.05, 3.63) is 64.4 Å². The predicted molar refractivity (Wildman–Crippen MR) is 78.3 cm³/mol. The zero-order valence-electron chi connectivity index (χ0n) is 10.9. The zero-order valence-corrected chi connectivity index (χ0v) is 12.5. The normalized spacial score (nSPS) is 11.9. The van der Waals surface area contributed by atoms with Gasteiger partial charge in [0, 0.05) is 23.0 Å². The molecule has 20 heavy (non-hydrogen) atoms. The first-order valence-electron chi connectivity index (χ1n) is 6.09. The third kappa shape index (κ3) is 3.11. The second-order valence-electron chi connectivity index (χ2n) is 4.45. The number of rotatable bonds is 4. The number of primary amides is 1. The topological polar surface area (TPSA) is 64.0 Å². The molecule has 0 saturated carbocycles. The summed E-state index contributed by atoms with van der Waals surface area (Å²) >= 11 is 3.33. The van der Waals surface area contributed by atoms with Crippen LogP contribution in [0.25, 0.3) is 0 Å². The smallest absolute Gasteiger partial charge is 0.254 e. The van der Waals surface area contributed by atoms with Crippen LogP contribution >= 0.6 is 15.9 Å². The third-order valence-corrected chi connectivity index (χ3v) is 3.59. The van der Waals surface area contributed by atoms with Crippen molar-refractivity contribution in [2.45, 2.75) is 13.0 Å². The molecule has 0 fully saturated rings. The van der Waals surface area contributed by atoms with E-state index in [9.17, 15) is 9.59 Å². The fourth-order valence-electron chi connectivity index (χ4n) is 1.87. The van der Waals surface area contributed by atoms with Crippen LogP contribution in [0.2, 0.25) is 0 Å². The molecule has 0 bridgehead atoms. The molecule has 1 aromatic heterocycles. The minimum atomic E-state index is -0.511. The van der Waals surface area contributed by atoms with Crippen molar-refractivity contribution in [2.75, 3.05) is 0 Å². The molecule has 0 aliphatic rings. The summed E-state index contributed by atoms with van der Waals surface area (Å²) in [5, 5.41) is 0. The fourth-order valence-corrected chi connectivity index (χ4v) is 2.13. The molecular formula is C15H14BrN2O2+. The molecule has 0 spiro atoms. The van der Waals surface area contributed by atoms with Gasteiger partial charge in [0.05, 0.1) is 0 Å². The molecular weight excluding hydrogens is 320 g/mol. The maximum Gasteiger partial charge on any atom is 0.254 e. The van der Waals surface area contributed by atoms with E-state index < -0.39 is 11.9 Å². The first-order valence-corrected chi connectivity index (χ1v) is 6.88. The van der Waals surface area contributed by atoms with Gasteiger partial charge in [-0.05, 0) is 18.2 Å². The van der Waals surface area contributed by atoms with E-state index in [1.807, 2.05) is 12.1 Å². The Bertz CT molecular complexity index is 653. The number of halogens is 1. The van der Waals surface area contributed by atoms with Crippen molar-refractivity contribution in [3.8, 4) is 0 Å². The van der Waals surface area contributed by atoms with Gasteiger partial charge in [0.25, 0.3) is 5.91 Å². The number of hydrogen-bond donors (Lipinski definition) is 1. The predicted octanol–water partition coefficient (Wildman–Crippen LogP) is 2.28. The summed E-state index contributed by atoms with van der Waals surface area (Å²) in [5.41, 5.74) is 6.24. The minimum absolute atomic E-state index is 0.0240. The molecule has 2 rings (SSSR count). The number of carbonyl (C=O) groups is 2. The largest absolute Gasteiger partial charge is 0.365 e. The second-order valence-corrected chi connectivity index (χ2v) is 5.37. The van der Waals surface area contributed by atoms with Gasteiger partial charge in [-0.25, -0.2) is 0 Å². The Kier molecular flexibility index (Phi) is 4.29. The SMILES string of the molecule is C[C@@H](C(=O)c1ccc(Br)cc1)[n+]1cccc(C(N)=O)c1. The lowest BCUT2D eigenvalue weighted by Gasteiger charge is -2.07. The molecule has 102 valence electrons. The average molecular weight is 334 g/mol. The van der Waals surface area contributed by atoms with E-state index in [1.165, 1.54) is 0 Å². The second kappa shape index (κ2) is 5.96. The van der Waals surface area contributed by atoms with E-state index in [0.717, 1.165) is 4.47 Å². The van der Waals surface area contributed by atoms with Crippen LogP contribution in [0.1, 0.15) is 33.7 Å². The molecule has 1 amide bonds. The van der Waals surface area contributed by atoms with E-state index in [0.29, 0.717) is 11.1 Å². The number of nitrogens with zero attached hydrogens (tertiary/aromatic N) is 1. The van der Waals surface area contributed by atoms with Crippen LogP contribution < -0.4 is 10.3 Å². The molecule has 0 unspecified atom stereocenters. The summed E-state index contributed by atoms with van der Waals surface area (Å²) in [6, 6.07) is 10.1. The summed E-state index contributed by atoms with van der Waals surface area (Å²) in [6.07, 6.45) is 3.33. The molecule has 5 heteroatoms. The van der Waals surface area contributed by atoms with Crippen LogP contribution in [0.5, 0.6) is 0 Å².